The van der Waals surface area contributed by atoms with E-state index in [-0.39, 0.29) is 32.1 Å². The van der Waals surface area contributed by atoms with Crippen molar-refractivity contribution in [3.63, 3.8) is 0 Å². The summed E-state index contributed by atoms with van der Waals surface area (Å²) in [4.78, 5) is 26.3. The zero-order valence-electron chi connectivity index (χ0n) is 19.1. The number of halogens is 2. The fourth-order valence-corrected chi connectivity index (χ4v) is 4.49. The number of nitriles is 1. The number of aryl methyl sites for hydroxylation is 2. The molecular formula is C25H23F2N3O3S. The molecule has 0 saturated heterocycles. The van der Waals surface area contributed by atoms with Crippen molar-refractivity contribution in [3.8, 4) is 17.5 Å². The van der Waals surface area contributed by atoms with Gasteiger partial charge in [-0.1, -0.05) is 35.9 Å². The first-order valence-corrected chi connectivity index (χ1v) is 11.2. The molecule has 0 aliphatic rings. The molecule has 0 radical (unpaired) electrons. The van der Waals surface area contributed by atoms with E-state index >= 15 is 0 Å². The highest BCUT2D eigenvalue weighted by Gasteiger charge is 2.19. The summed E-state index contributed by atoms with van der Waals surface area (Å²) in [5.41, 5.74) is 1.85. The average molecular weight is 484 g/mol. The number of benzene rings is 2. The van der Waals surface area contributed by atoms with E-state index in [0.29, 0.717) is 5.69 Å². The number of para-hydroxylation sites is 1. The summed E-state index contributed by atoms with van der Waals surface area (Å²) in [6.07, 6.45) is 1.42. The Hall–Kier alpha value is -3.77. The molecule has 1 aromatic heterocycles. The van der Waals surface area contributed by atoms with Crippen molar-refractivity contribution >= 4 is 28.9 Å². The quantitative estimate of drug-likeness (QED) is 0.584. The van der Waals surface area contributed by atoms with E-state index in [1.54, 1.807) is 38.1 Å². The number of amides is 1. The summed E-state index contributed by atoms with van der Waals surface area (Å²) in [6.45, 7) is 4.23. The highest BCUT2D eigenvalue weighted by atomic mass is 32.1. The van der Waals surface area contributed by atoms with Gasteiger partial charge in [-0.05, 0) is 51.5 Å². The molecule has 0 fully saturated rings. The molecule has 0 aliphatic heterocycles. The van der Waals surface area contributed by atoms with Crippen LogP contribution in [0.3, 0.4) is 0 Å². The molecule has 0 spiro atoms. The van der Waals surface area contributed by atoms with E-state index in [1.807, 2.05) is 32.0 Å². The molecule has 6 nitrogen and oxygen atoms in total. The van der Waals surface area contributed by atoms with Gasteiger partial charge in [0.05, 0.1) is 10.2 Å². The van der Waals surface area contributed by atoms with Gasteiger partial charge in [-0.15, -0.1) is 11.3 Å². The van der Waals surface area contributed by atoms with E-state index in [1.165, 1.54) is 16.7 Å². The molecule has 1 N–H and O–H groups in total. The molecule has 0 saturated carbocycles. The van der Waals surface area contributed by atoms with Crippen LogP contribution in [0.25, 0.3) is 17.3 Å². The maximum Gasteiger partial charge on any atom is 0.387 e. The van der Waals surface area contributed by atoms with Gasteiger partial charge in [0.15, 0.2) is 5.57 Å². The lowest BCUT2D eigenvalue weighted by molar-refractivity contribution is -0.116. The summed E-state index contributed by atoms with van der Waals surface area (Å²) in [6, 6.07) is 13.2. The Bertz CT molecular complexity index is 1450. The molecule has 176 valence electrons. The Morgan fingerprint density at radius 3 is 2.53 bits per heavy atom. The van der Waals surface area contributed by atoms with E-state index in [4.69, 9.17) is 0 Å². The number of rotatable bonds is 6. The summed E-state index contributed by atoms with van der Waals surface area (Å²) in [7, 11) is 0. The van der Waals surface area contributed by atoms with Gasteiger partial charge in [-0.25, -0.2) is 0 Å². The normalized spacial score (nSPS) is 12.6. The van der Waals surface area contributed by atoms with E-state index in [9.17, 15) is 23.6 Å². The minimum Gasteiger partial charge on any atom is -0.434 e. The van der Waals surface area contributed by atoms with Crippen LogP contribution in [0.5, 0.6) is 5.75 Å². The number of alkyl halides is 2. The first-order chi connectivity index (χ1) is 16.1. The van der Waals surface area contributed by atoms with Gasteiger partial charge in [0.1, 0.15) is 16.5 Å². The molecule has 2 aromatic carbocycles. The minimum absolute atomic E-state index is 0.0908. The molecule has 0 atom stereocenters. The van der Waals surface area contributed by atoms with Crippen LogP contribution in [0, 0.1) is 25.2 Å². The second kappa shape index (κ2) is 10.4. The van der Waals surface area contributed by atoms with E-state index in [2.05, 4.69) is 10.1 Å². The predicted octanol–water partition coefficient (Wildman–Crippen LogP) is 3.14. The fourth-order valence-electron chi connectivity index (χ4n) is 3.40. The van der Waals surface area contributed by atoms with Crippen molar-refractivity contribution in [2.45, 2.75) is 40.3 Å². The number of carbonyl (C=O) groups excluding carboxylic acids is 1. The van der Waals surface area contributed by atoms with Crippen molar-refractivity contribution in [1.82, 2.24) is 9.88 Å². The van der Waals surface area contributed by atoms with Gasteiger partial charge in [-0.3, -0.25) is 14.2 Å². The third-order valence-electron chi connectivity index (χ3n) is 4.81. The molecule has 1 amide bonds. The number of carbonyl (C=O) groups is 1. The minimum atomic E-state index is -3.03. The zero-order valence-corrected chi connectivity index (χ0v) is 19.9. The molecule has 3 rings (SSSR count). The maximum atomic E-state index is 13.5. The number of ether oxygens (including phenoxy) is 1. The van der Waals surface area contributed by atoms with Crippen LogP contribution in [-0.4, -0.2) is 23.1 Å². The van der Waals surface area contributed by atoms with Gasteiger partial charge in [0.2, 0.25) is 0 Å². The molecule has 3 aromatic rings. The van der Waals surface area contributed by atoms with Crippen molar-refractivity contribution < 1.29 is 18.3 Å². The summed E-state index contributed by atoms with van der Waals surface area (Å²) < 4.78 is 31.9. The summed E-state index contributed by atoms with van der Waals surface area (Å²) in [5, 5.41) is 12.5. The van der Waals surface area contributed by atoms with E-state index in [0.717, 1.165) is 22.5 Å². The van der Waals surface area contributed by atoms with Crippen molar-refractivity contribution in [2.75, 3.05) is 0 Å². The van der Waals surface area contributed by atoms with Gasteiger partial charge < -0.3 is 10.1 Å². The van der Waals surface area contributed by atoms with Crippen LogP contribution in [-0.2, 0) is 4.79 Å². The number of hydrogen-bond donors (Lipinski definition) is 1. The molecule has 0 unspecified atom stereocenters. The number of thiazole rings is 1. The lowest BCUT2D eigenvalue weighted by Crippen LogP contribution is -2.36. The molecule has 0 bridgehead atoms. The molecule has 9 heteroatoms. The first kappa shape index (κ1) is 24.9. The molecule has 0 aliphatic carbocycles. The second-order valence-corrected chi connectivity index (χ2v) is 8.91. The Morgan fingerprint density at radius 1 is 1.21 bits per heavy atom. The highest BCUT2D eigenvalue weighted by Crippen LogP contribution is 2.21. The molecular weight excluding hydrogens is 460 g/mol. The van der Waals surface area contributed by atoms with Crippen LogP contribution in [0.1, 0.15) is 30.5 Å². The standard InChI is InChI=1S/C25H23F2N3O3S/c1-14(2)29-22(31)18(13-28)24-30(19-10-9-15(3)11-16(19)4)23(32)21(34-24)12-17-7-5-6-8-20(17)33-25(26)27/h5-12,14,25H,1-4H3,(H,29,31)/b21-12-,24-18-. The van der Waals surface area contributed by atoms with Gasteiger partial charge in [-0.2, -0.15) is 14.0 Å². The number of aromatic nitrogens is 1. The van der Waals surface area contributed by atoms with Gasteiger partial charge in [0, 0.05) is 11.6 Å². The molecule has 1 heterocycles. The third-order valence-corrected chi connectivity index (χ3v) is 5.90. The monoisotopic (exact) mass is 483 g/mol. The number of hydrogen-bond acceptors (Lipinski definition) is 5. The van der Waals surface area contributed by atoms with E-state index < -0.39 is 18.1 Å². The summed E-state index contributed by atoms with van der Waals surface area (Å²) >= 11 is 0.936. The lowest BCUT2D eigenvalue weighted by Gasteiger charge is -2.10. The largest absolute Gasteiger partial charge is 0.434 e. The Balaban J connectivity index is 2.40. The van der Waals surface area contributed by atoms with Crippen LogP contribution >= 0.6 is 11.3 Å². The van der Waals surface area contributed by atoms with Crippen LogP contribution in [0.2, 0.25) is 0 Å². The number of nitrogens with zero attached hydrogens (tertiary/aromatic N) is 2. The van der Waals surface area contributed by atoms with Crippen LogP contribution in [0.15, 0.2) is 47.3 Å². The topological polar surface area (TPSA) is 84.1 Å². The average Bonchev–Trinajstić information content (AvgIpc) is 3.05. The second-order valence-electron chi connectivity index (χ2n) is 7.88. The fraction of sp³-hybridized carbons (Fsp3) is 0.240. The molecule has 34 heavy (non-hydrogen) atoms. The highest BCUT2D eigenvalue weighted by molar-refractivity contribution is 7.07. The van der Waals surface area contributed by atoms with Crippen LogP contribution in [0.4, 0.5) is 8.78 Å². The SMILES string of the molecule is Cc1ccc(-n2c(=O)/c(=C/c3ccccc3OC(F)F)s/c2=C(/C#N)C(=O)NC(C)C)c(C)c1. The van der Waals surface area contributed by atoms with Gasteiger partial charge >= 0.3 is 6.61 Å². The first-order valence-electron chi connectivity index (χ1n) is 10.4. The maximum absolute atomic E-state index is 13.5. The Labute approximate surface area is 199 Å². The zero-order chi connectivity index (χ0) is 25.0. The summed E-state index contributed by atoms with van der Waals surface area (Å²) in [5.74, 6) is -0.697. The van der Waals surface area contributed by atoms with Crippen molar-refractivity contribution in [2.24, 2.45) is 0 Å². The van der Waals surface area contributed by atoms with Crippen molar-refractivity contribution in [1.29, 1.82) is 5.26 Å². The number of nitrogens with one attached hydrogen (secondary N) is 1. The predicted molar refractivity (Wildman–Crippen MR) is 128 cm³/mol. The smallest absolute Gasteiger partial charge is 0.387 e. The van der Waals surface area contributed by atoms with Crippen molar-refractivity contribution in [3.05, 3.63) is 78.7 Å². The van der Waals surface area contributed by atoms with Crippen LogP contribution < -0.4 is 24.8 Å². The lowest BCUT2D eigenvalue weighted by atomic mass is 10.1. The van der Waals surface area contributed by atoms with Gasteiger partial charge in [0.25, 0.3) is 11.5 Å². The Morgan fingerprint density at radius 2 is 1.91 bits per heavy atom. The Kier molecular flexibility index (Phi) is 7.64. The third kappa shape index (κ3) is 5.41.